The van der Waals surface area contributed by atoms with Crippen LogP contribution in [0.1, 0.15) is 45.0 Å². The first-order chi connectivity index (χ1) is 17.7. The fourth-order valence-electron chi connectivity index (χ4n) is 4.27. The number of aromatic nitrogens is 1. The van der Waals surface area contributed by atoms with Crippen LogP contribution >= 0.6 is 11.3 Å². The Labute approximate surface area is 217 Å². The van der Waals surface area contributed by atoms with Gasteiger partial charge in [0.25, 0.3) is 5.78 Å². The number of carbonyl (C=O) groups excluding carboxylic acids is 3. The minimum atomic E-state index is -1.06. The molecule has 37 heavy (non-hydrogen) atoms. The van der Waals surface area contributed by atoms with E-state index in [4.69, 9.17) is 14.2 Å². The standard InChI is InChI=1S/C27H26N2O7S/c1-6-36-26(33)24-15(3)28-27(37-24)29-21(17-9-7-8-10-19(17)35-5)20(23(31)25(29)32)22(30)16-11-12-18(34-4)14(2)13-16/h7-13,21,30H,6H2,1-5H3/t21-/m0/s1. The molecular formula is C27H26N2O7S. The van der Waals surface area contributed by atoms with Gasteiger partial charge in [-0.05, 0) is 50.6 Å². The topological polar surface area (TPSA) is 115 Å². The molecular weight excluding hydrogens is 496 g/mol. The van der Waals surface area contributed by atoms with Crippen LogP contribution in [0.5, 0.6) is 11.5 Å². The molecule has 1 atom stereocenters. The van der Waals surface area contributed by atoms with Crippen molar-refractivity contribution < 1.29 is 33.7 Å². The Hall–Kier alpha value is -4.18. The highest BCUT2D eigenvalue weighted by Crippen LogP contribution is 2.46. The highest BCUT2D eigenvalue weighted by molar-refractivity contribution is 7.17. The smallest absolute Gasteiger partial charge is 0.350 e. The van der Waals surface area contributed by atoms with Gasteiger partial charge in [-0.2, -0.15) is 0 Å². The third-order valence-corrected chi connectivity index (χ3v) is 7.14. The van der Waals surface area contributed by atoms with Crippen molar-refractivity contribution in [1.82, 2.24) is 4.98 Å². The Kier molecular flexibility index (Phi) is 7.30. The van der Waals surface area contributed by atoms with Gasteiger partial charge in [-0.1, -0.05) is 29.5 Å². The SMILES string of the molecule is CCOC(=O)c1sc(N2C(=O)C(=O)C(=C(O)c3ccc(OC)c(C)c3)[C@@H]2c2ccccc2OC)nc1C. The number of hydrogen-bond acceptors (Lipinski definition) is 9. The van der Waals surface area contributed by atoms with Crippen molar-refractivity contribution >= 4 is 39.9 Å². The maximum absolute atomic E-state index is 13.4. The number of rotatable bonds is 7. The lowest BCUT2D eigenvalue weighted by molar-refractivity contribution is -0.132. The van der Waals surface area contributed by atoms with Crippen LogP contribution in [0.2, 0.25) is 0 Å². The number of thiazole rings is 1. The lowest BCUT2D eigenvalue weighted by atomic mass is 9.94. The summed E-state index contributed by atoms with van der Waals surface area (Å²) >= 11 is 0.945. The molecule has 0 aliphatic carbocycles. The molecule has 1 N–H and O–H groups in total. The fraction of sp³-hybridized carbons (Fsp3) is 0.259. The van der Waals surface area contributed by atoms with E-state index in [1.807, 2.05) is 0 Å². The molecule has 1 fully saturated rings. The highest BCUT2D eigenvalue weighted by Gasteiger charge is 2.49. The van der Waals surface area contributed by atoms with Crippen molar-refractivity contribution in [2.24, 2.45) is 0 Å². The minimum Gasteiger partial charge on any atom is -0.507 e. The molecule has 1 amide bonds. The Morgan fingerprint density at radius 2 is 1.78 bits per heavy atom. The van der Waals surface area contributed by atoms with Gasteiger partial charge in [0.15, 0.2) is 5.13 Å². The number of amides is 1. The van der Waals surface area contributed by atoms with E-state index in [0.717, 1.165) is 16.9 Å². The number of aryl methyl sites for hydroxylation is 2. The first-order valence-corrected chi connectivity index (χ1v) is 12.3. The van der Waals surface area contributed by atoms with Crippen molar-refractivity contribution in [3.63, 3.8) is 0 Å². The van der Waals surface area contributed by atoms with E-state index >= 15 is 0 Å². The van der Waals surface area contributed by atoms with Crippen LogP contribution in [0.4, 0.5) is 5.13 Å². The van der Waals surface area contributed by atoms with Gasteiger partial charge in [-0.15, -0.1) is 0 Å². The molecule has 2 heterocycles. The van der Waals surface area contributed by atoms with Crippen LogP contribution in [-0.2, 0) is 14.3 Å². The average molecular weight is 523 g/mol. The summed E-state index contributed by atoms with van der Waals surface area (Å²) in [6.45, 7) is 5.30. The van der Waals surface area contributed by atoms with Crippen molar-refractivity contribution in [1.29, 1.82) is 0 Å². The number of Topliss-reactive ketones (excluding diaryl/α,β-unsaturated/α-hetero) is 1. The molecule has 1 saturated heterocycles. The largest absolute Gasteiger partial charge is 0.507 e. The molecule has 4 rings (SSSR count). The molecule has 0 saturated carbocycles. The van der Waals surface area contributed by atoms with Crippen molar-refractivity contribution in [2.45, 2.75) is 26.8 Å². The molecule has 0 bridgehead atoms. The van der Waals surface area contributed by atoms with Crippen LogP contribution in [-0.4, -0.2) is 48.6 Å². The maximum Gasteiger partial charge on any atom is 0.350 e. The molecule has 1 aromatic heterocycles. The summed E-state index contributed by atoms with van der Waals surface area (Å²) < 4.78 is 15.9. The van der Waals surface area contributed by atoms with Gasteiger partial charge in [0.05, 0.1) is 32.1 Å². The monoisotopic (exact) mass is 522 g/mol. The van der Waals surface area contributed by atoms with Gasteiger partial charge in [-0.25, -0.2) is 9.78 Å². The first-order valence-electron chi connectivity index (χ1n) is 11.5. The van der Waals surface area contributed by atoms with Gasteiger partial charge >= 0.3 is 11.9 Å². The summed E-state index contributed by atoms with van der Waals surface area (Å²) in [7, 11) is 3.01. The minimum absolute atomic E-state index is 0.121. The fourth-order valence-corrected chi connectivity index (χ4v) is 5.26. The van der Waals surface area contributed by atoms with Gasteiger partial charge in [-0.3, -0.25) is 14.5 Å². The van der Waals surface area contributed by atoms with E-state index in [1.54, 1.807) is 63.2 Å². The van der Waals surface area contributed by atoms with E-state index in [0.29, 0.717) is 28.3 Å². The van der Waals surface area contributed by atoms with Crippen LogP contribution in [0.15, 0.2) is 48.0 Å². The lowest BCUT2D eigenvalue weighted by Crippen LogP contribution is -2.29. The third-order valence-electron chi connectivity index (χ3n) is 6.00. The molecule has 0 radical (unpaired) electrons. The van der Waals surface area contributed by atoms with Gasteiger partial charge in [0.1, 0.15) is 28.2 Å². The average Bonchev–Trinajstić information content (AvgIpc) is 3.40. The normalized spacial score (nSPS) is 16.7. The zero-order valence-corrected chi connectivity index (χ0v) is 21.8. The number of methoxy groups -OCH3 is 2. The number of nitrogens with zero attached hydrogens (tertiary/aromatic N) is 2. The van der Waals surface area contributed by atoms with E-state index < -0.39 is 23.7 Å². The molecule has 192 valence electrons. The van der Waals surface area contributed by atoms with Gasteiger partial charge in [0.2, 0.25) is 0 Å². The summed E-state index contributed by atoms with van der Waals surface area (Å²) in [5.41, 5.74) is 1.80. The number of para-hydroxylation sites is 1. The molecule has 1 aliphatic heterocycles. The third kappa shape index (κ3) is 4.55. The van der Waals surface area contributed by atoms with Crippen LogP contribution < -0.4 is 14.4 Å². The number of benzene rings is 2. The van der Waals surface area contributed by atoms with Gasteiger partial charge < -0.3 is 19.3 Å². The van der Waals surface area contributed by atoms with Gasteiger partial charge in [0, 0.05) is 11.1 Å². The van der Waals surface area contributed by atoms with E-state index in [2.05, 4.69) is 4.98 Å². The summed E-state index contributed by atoms with van der Waals surface area (Å²) in [4.78, 5) is 45.2. The first kappa shape index (κ1) is 25.9. The lowest BCUT2D eigenvalue weighted by Gasteiger charge is -2.24. The highest BCUT2D eigenvalue weighted by atomic mass is 32.1. The summed E-state index contributed by atoms with van der Waals surface area (Å²) in [6.07, 6.45) is 0. The van der Waals surface area contributed by atoms with E-state index in [-0.39, 0.29) is 27.9 Å². The molecule has 9 nitrogen and oxygen atoms in total. The van der Waals surface area contributed by atoms with Crippen LogP contribution in [0.25, 0.3) is 5.76 Å². The predicted molar refractivity (Wildman–Crippen MR) is 138 cm³/mol. The Morgan fingerprint density at radius 1 is 1.08 bits per heavy atom. The number of hydrogen-bond donors (Lipinski definition) is 1. The number of ether oxygens (including phenoxy) is 3. The Bertz CT molecular complexity index is 1430. The molecule has 10 heteroatoms. The number of esters is 1. The van der Waals surface area contributed by atoms with Crippen molar-refractivity contribution in [2.75, 3.05) is 25.7 Å². The molecule has 3 aromatic rings. The molecule has 0 unspecified atom stereocenters. The number of aliphatic hydroxyl groups excluding tert-OH is 1. The summed E-state index contributed by atoms with van der Waals surface area (Å²) in [6, 6.07) is 10.8. The zero-order valence-electron chi connectivity index (χ0n) is 21.0. The summed E-state index contributed by atoms with van der Waals surface area (Å²) in [5.74, 6) is -1.65. The Balaban J connectivity index is 1.95. The maximum atomic E-state index is 13.4. The molecule has 2 aromatic carbocycles. The second kappa shape index (κ2) is 10.4. The number of ketones is 1. The zero-order chi connectivity index (χ0) is 26.9. The second-order valence-electron chi connectivity index (χ2n) is 8.23. The molecule has 1 aliphatic rings. The Morgan fingerprint density at radius 3 is 2.43 bits per heavy atom. The van der Waals surface area contributed by atoms with Crippen molar-refractivity contribution in [3.8, 4) is 11.5 Å². The summed E-state index contributed by atoms with van der Waals surface area (Å²) in [5, 5.41) is 11.5. The van der Waals surface area contributed by atoms with E-state index in [9.17, 15) is 19.5 Å². The molecule has 0 spiro atoms. The van der Waals surface area contributed by atoms with Crippen molar-refractivity contribution in [3.05, 3.63) is 75.3 Å². The van der Waals surface area contributed by atoms with Crippen LogP contribution in [0.3, 0.4) is 0 Å². The quantitative estimate of drug-likeness (QED) is 0.208. The van der Waals surface area contributed by atoms with E-state index in [1.165, 1.54) is 19.1 Å². The number of anilines is 1. The second-order valence-corrected chi connectivity index (χ2v) is 9.20. The number of aliphatic hydroxyl groups is 1. The van der Waals surface area contributed by atoms with Crippen LogP contribution in [0, 0.1) is 13.8 Å². The predicted octanol–water partition coefficient (Wildman–Crippen LogP) is 4.58. The number of carbonyl (C=O) groups is 3.